The van der Waals surface area contributed by atoms with Crippen LogP contribution in [0.1, 0.15) is 28.4 Å². The van der Waals surface area contributed by atoms with E-state index >= 15 is 0 Å². The van der Waals surface area contributed by atoms with Crippen LogP contribution < -0.4 is 5.32 Å². The van der Waals surface area contributed by atoms with Crippen molar-refractivity contribution in [1.82, 2.24) is 5.32 Å². The molecule has 132 valence electrons. The number of carbonyl (C=O) groups excluding carboxylic acids is 1. The molecule has 0 atom stereocenters. The van der Waals surface area contributed by atoms with Gasteiger partial charge in [0.1, 0.15) is 5.75 Å². The summed E-state index contributed by atoms with van der Waals surface area (Å²) in [6, 6.07) is 11.3. The maximum absolute atomic E-state index is 12.3. The Balaban J connectivity index is 1.93. The molecule has 1 heterocycles. The van der Waals surface area contributed by atoms with Crippen LogP contribution in [0.2, 0.25) is 0 Å². The van der Waals surface area contributed by atoms with Crippen LogP contribution in [-0.4, -0.2) is 27.3 Å². The Morgan fingerprint density at radius 3 is 2.42 bits per heavy atom. The van der Waals surface area contributed by atoms with Crippen LogP contribution in [0.15, 0.2) is 52.4 Å². The average Bonchev–Trinajstić information content (AvgIpc) is 2.97. The van der Waals surface area contributed by atoms with Crippen LogP contribution >= 0.6 is 11.8 Å². The summed E-state index contributed by atoms with van der Waals surface area (Å²) in [5.74, 6) is -1.13. The zero-order valence-corrected chi connectivity index (χ0v) is 14.9. The molecule has 0 radical (unpaired) electrons. The fourth-order valence-corrected chi connectivity index (χ4v) is 3.33. The van der Waals surface area contributed by atoms with E-state index in [1.807, 2.05) is 13.8 Å². The quantitative estimate of drug-likeness (QED) is 0.718. The number of hydrogen-bond donors (Lipinski definition) is 3. The average molecular weight is 368 g/mol. The van der Waals surface area contributed by atoms with Gasteiger partial charge < -0.3 is 15.5 Å². The topological polar surface area (TPSA) is 99.0 Å². The van der Waals surface area contributed by atoms with Gasteiger partial charge >= 0.3 is 5.97 Å². The van der Waals surface area contributed by atoms with Crippen molar-refractivity contribution >= 4 is 40.1 Å². The Kier molecular flexibility index (Phi) is 4.81. The number of thioether (sulfide) groups is 1. The largest absolute Gasteiger partial charge is 0.508 e. The number of amidine groups is 1. The number of carboxylic acid groups (broad SMARTS) is 1. The first-order valence-corrected chi connectivity index (χ1v) is 8.59. The molecule has 1 fully saturated rings. The number of phenols is 1. The van der Waals surface area contributed by atoms with Gasteiger partial charge in [0.25, 0.3) is 5.91 Å². The molecule has 1 aliphatic heterocycles. The van der Waals surface area contributed by atoms with Crippen LogP contribution in [0, 0.1) is 6.92 Å². The Bertz CT molecular complexity index is 962. The SMILES string of the molecule is C/C(=C1/SC(=Nc2cc(C(=O)O)ccc2C)NC1=O)c1ccc(O)cc1. The van der Waals surface area contributed by atoms with Crippen LogP contribution in [-0.2, 0) is 4.79 Å². The molecule has 0 saturated carbocycles. The van der Waals surface area contributed by atoms with Gasteiger partial charge in [-0.25, -0.2) is 9.79 Å². The second-order valence-corrected chi connectivity index (χ2v) is 6.78. The number of nitrogens with one attached hydrogen (secondary N) is 1. The molecule has 6 nitrogen and oxygen atoms in total. The van der Waals surface area contributed by atoms with E-state index in [0.29, 0.717) is 15.8 Å². The summed E-state index contributed by atoms with van der Waals surface area (Å²) in [6.07, 6.45) is 0. The minimum atomic E-state index is -1.03. The molecule has 3 rings (SSSR count). The Morgan fingerprint density at radius 1 is 1.12 bits per heavy atom. The highest BCUT2D eigenvalue weighted by molar-refractivity contribution is 8.18. The van der Waals surface area contributed by atoms with Crippen molar-refractivity contribution in [1.29, 1.82) is 0 Å². The van der Waals surface area contributed by atoms with Crippen LogP contribution in [0.4, 0.5) is 5.69 Å². The summed E-state index contributed by atoms with van der Waals surface area (Å²) in [7, 11) is 0. The predicted molar refractivity (Wildman–Crippen MR) is 102 cm³/mol. The highest BCUT2D eigenvalue weighted by Crippen LogP contribution is 2.33. The third kappa shape index (κ3) is 3.62. The van der Waals surface area contributed by atoms with Gasteiger partial charge in [-0.1, -0.05) is 18.2 Å². The van der Waals surface area contributed by atoms with Crippen molar-refractivity contribution < 1.29 is 19.8 Å². The zero-order chi connectivity index (χ0) is 18.8. The number of aromatic carboxylic acids is 1. The molecule has 0 aliphatic carbocycles. The lowest BCUT2D eigenvalue weighted by molar-refractivity contribution is -0.115. The van der Waals surface area contributed by atoms with Gasteiger partial charge in [0.05, 0.1) is 16.2 Å². The van der Waals surface area contributed by atoms with E-state index in [9.17, 15) is 14.7 Å². The number of aliphatic imine (C=N–C) groups is 1. The molecule has 26 heavy (non-hydrogen) atoms. The fraction of sp³-hybridized carbons (Fsp3) is 0.105. The first kappa shape index (κ1) is 17.8. The number of rotatable bonds is 3. The molecule has 0 spiro atoms. The number of carboxylic acids is 1. The second-order valence-electron chi connectivity index (χ2n) is 5.78. The van der Waals surface area contributed by atoms with E-state index in [4.69, 9.17) is 5.11 Å². The van der Waals surface area contributed by atoms with Crippen molar-refractivity contribution in [2.75, 3.05) is 0 Å². The van der Waals surface area contributed by atoms with Crippen molar-refractivity contribution in [3.63, 3.8) is 0 Å². The van der Waals surface area contributed by atoms with Crippen LogP contribution in [0.3, 0.4) is 0 Å². The third-order valence-corrected chi connectivity index (χ3v) is 5.03. The van der Waals surface area contributed by atoms with E-state index in [0.717, 1.165) is 16.7 Å². The number of nitrogens with zero attached hydrogens (tertiary/aromatic N) is 1. The highest BCUT2D eigenvalue weighted by Gasteiger charge is 2.26. The molecule has 0 bridgehead atoms. The molecule has 0 aromatic heterocycles. The van der Waals surface area contributed by atoms with Gasteiger partial charge in [-0.15, -0.1) is 0 Å². The van der Waals surface area contributed by atoms with Gasteiger partial charge in [0.15, 0.2) is 5.17 Å². The van der Waals surface area contributed by atoms with Gasteiger partial charge in [-0.3, -0.25) is 4.79 Å². The molecule has 3 N–H and O–H groups in total. The lowest BCUT2D eigenvalue weighted by Crippen LogP contribution is -2.19. The monoisotopic (exact) mass is 368 g/mol. The van der Waals surface area contributed by atoms with E-state index in [-0.39, 0.29) is 17.2 Å². The number of aryl methyl sites for hydroxylation is 1. The number of hydrogen-bond acceptors (Lipinski definition) is 5. The molecule has 1 amide bonds. The molecule has 7 heteroatoms. The van der Waals surface area contributed by atoms with Crippen molar-refractivity contribution in [3.8, 4) is 5.75 Å². The number of carbonyl (C=O) groups is 2. The predicted octanol–water partition coefficient (Wildman–Crippen LogP) is 3.68. The number of phenolic OH excluding ortho intramolecular Hbond substituents is 1. The first-order valence-electron chi connectivity index (χ1n) is 7.77. The van der Waals surface area contributed by atoms with E-state index in [1.165, 1.54) is 23.9 Å². The van der Waals surface area contributed by atoms with E-state index in [2.05, 4.69) is 10.3 Å². The summed E-state index contributed by atoms with van der Waals surface area (Å²) in [5.41, 5.74) is 3.04. The van der Waals surface area contributed by atoms with Gasteiger partial charge in [0.2, 0.25) is 0 Å². The lowest BCUT2D eigenvalue weighted by atomic mass is 10.1. The molecular formula is C19H16N2O4S. The third-order valence-electron chi connectivity index (χ3n) is 3.94. The number of aromatic hydroxyl groups is 1. The van der Waals surface area contributed by atoms with Crippen molar-refractivity contribution in [3.05, 3.63) is 64.1 Å². The van der Waals surface area contributed by atoms with Gasteiger partial charge in [0, 0.05) is 0 Å². The smallest absolute Gasteiger partial charge is 0.335 e. The number of benzene rings is 2. The van der Waals surface area contributed by atoms with Crippen molar-refractivity contribution in [2.45, 2.75) is 13.8 Å². The number of amides is 1. The molecule has 1 aliphatic rings. The molecule has 2 aromatic rings. The van der Waals surface area contributed by atoms with E-state index in [1.54, 1.807) is 30.3 Å². The minimum absolute atomic E-state index is 0.139. The molecule has 1 saturated heterocycles. The van der Waals surface area contributed by atoms with Crippen molar-refractivity contribution in [2.24, 2.45) is 4.99 Å². The molecule has 0 unspecified atom stereocenters. The van der Waals surface area contributed by atoms with Crippen LogP contribution in [0.25, 0.3) is 5.57 Å². The maximum atomic E-state index is 12.3. The highest BCUT2D eigenvalue weighted by atomic mass is 32.2. The standard InChI is InChI=1S/C19H16N2O4S/c1-10-3-4-13(18(24)25)9-15(10)20-19-21-17(23)16(26-19)11(2)12-5-7-14(22)8-6-12/h3-9,22H,1-2H3,(H,24,25)(H,20,21,23)/b16-11-. The van der Waals surface area contributed by atoms with E-state index < -0.39 is 5.97 Å². The zero-order valence-electron chi connectivity index (χ0n) is 14.1. The lowest BCUT2D eigenvalue weighted by Gasteiger charge is -2.04. The van der Waals surface area contributed by atoms with Gasteiger partial charge in [-0.2, -0.15) is 0 Å². The summed E-state index contributed by atoms with van der Waals surface area (Å²) in [5, 5.41) is 21.6. The number of allylic oxidation sites excluding steroid dienone is 1. The summed E-state index contributed by atoms with van der Waals surface area (Å²) in [4.78, 5) is 28.3. The normalized spacial score (nSPS) is 17.3. The van der Waals surface area contributed by atoms with Crippen LogP contribution in [0.5, 0.6) is 5.75 Å². The molecule has 2 aromatic carbocycles. The Labute approximate surface area is 154 Å². The summed E-state index contributed by atoms with van der Waals surface area (Å²) < 4.78 is 0. The second kappa shape index (κ2) is 7.05. The summed E-state index contributed by atoms with van der Waals surface area (Å²) >= 11 is 1.20. The minimum Gasteiger partial charge on any atom is -0.508 e. The fourth-order valence-electron chi connectivity index (χ4n) is 2.43. The molecular weight excluding hydrogens is 352 g/mol. The summed E-state index contributed by atoms with van der Waals surface area (Å²) in [6.45, 7) is 3.65. The first-order chi connectivity index (χ1) is 12.3. The maximum Gasteiger partial charge on any atom is 0.335 e. The Morgan fingerprint density at radius 2 is 1.77 bits per heavy atom. The van der Waals surface area contributed by atoms with Gasteiger partial charge in [-0.05, 0) is 66.6 Å². The Hall–Kier alpha value is -3.06.